The Morgan fingerprint density at radius 1 is 0.929 bits per heavy atom. The molecule has 0 N–H and O–H groups in total. The monoisotopic (exact) mass is 393 g/mol. The topological polar surface area (TPSA) is 39.9 Å². The van der Waals surface area contributed by atoms with Gasteiger partial charge in [0.05, 0.1) is 11.8 Å². The third-order valence-corrected chi connectivity index (χ3v) is 6.20. The number of aryl methyl sites for hydroxylation is 2. The minimum atomic E-state index is 0.288. The van der Waals surface area contributed by atoms with Gasteiger partial charge in [0.15, 0.2) is 0 Å². The number of nitrogens with zero attached hydrogens (tertiary/aromatic N) is 3. The van der Waals surface area contributed by atoms with Gasteiger partial charge in [0, 0.05) is 17.4 Å². The first kappa shape index (κ1) is 17.7. The Bertz CT molecular complexity index is 961. The first-order valence-electron chi connectivity index (χ1n) is 10.2. The van der Waals surface area contributed by atoms with Crippen LogP contribution in [-0.2, 0) is 12.8 Å². The average Bonchev–Trinajstić information content (AvgIpc) is 3.05. The third-order valence-electron chi connectivity index (χ3n) is 5.97. The van der Waals surface area contributed by atoms with Gasteiger partial charge in [-0.3, -0.25) is 4.57 Å². The summed E-state index contributed by atoms with van der Waals surface area (Å²) >= 11 is 6.25. The first-order chi connectivity index (χ1) is 13.8. The molecule has 144 valence electrons. The summed E-state index contributed by atoms with van der Waals surface area (Å²) in [5.74, 6) is 3.59. The summed E-state index contributed by atoms with van der Waals surface area (Å²) in [5.41, 5.74) is 2.51. The van der Waals surface area contributed by atoms with Gasteiger partial charge in [0.25, 0.3) is 0 Å². The van der Waals surface area contributed by atoms with Crippen LogP contribution >= 0.6 is 11.6 Å². The zero-order valence-corrected chi connectivity index (χ0v) is 16.6. The second kappa shape index (κ2) is 7.59. The molecule has 1 aromatic heterocycles. The van der Waals surface area contributed by atoms with Gasteiger partial charge in [-0.2, -0.15) is 0 Å². The fourth-order valence-electron chi connectivity index (χ4n) is 4.56. The van der Waals surface area contributed by atoms with Crippen molar-refractivity contribution in [1.29, 1.82) is 0 Å². The number of rotatable bonds is 3. The van der Waals surface area contributed by atoms with Crippen molar-refractivity contribution in [3.05, 3.63) is 70.8 Å². The van der Waals surface area contributed by atoms with Gasteiger partial charge >= 0.3 is 0 Å². The van der Waals surface area contributed by atoms with Crippen LogP contribution in [0.5, 0.6) is 5.75 Å². The maximum absolute atomic E-state index is 6.25. The summed E-state index contributed by atoms with van der Waals surface area (Å²) in [6.45, 7) is 0. The molecule has 28 heavy (non-hydrogen) atoms. The van der Waals surface area contributed by atoms with Crippen LogP contribution in [0.1, 0.15) is 55.2 Å². The summed E-state index contributed by atoms with van der Waals surface area (Å²) in [5, 5.41) is 9.98. The number of ether oxygens (including phenoxy) is 1. The van der Waals surface area contributed by atoms with Gasteiger partial charge in [0.1, 0.15) is 17.4 Å². The van der Waals surface area contributed by atoms with E-state index in [2.05, 4.69) is 26.9 Å². The van der Waals surface area contributed by atoms with E-state index >= 15 is 0 Å². The molecule has 3 aromatic rings. The Labute approximate surface area is 170 Å². The van der Waals surface area contributed by atoms with Crippen LogP contribution in [0.25, 0.3) is 5.69 Å². The lowest BCUT2D eigenvalue weighted by Gasteiger charge is -2.29. The molecule has 1 aliphatic carbocycles. The van der Waals surface area contributed by atoms with E-state index in [-0.39, 0.29) is 6.10 Å². The molecule has 2 aromatic carbocycles. The van der Waals surface area contributed by atoms with Crippen molar-refractivity contribution in [2.75, 3.05) is 0 Å². The number of para-hydroxylation sites is 1. The van der Waals surface area contributed by atoms with Gasteiger partial charge in [-0.25, -0.2) is 0 Å². The fourth-order valence-corrected chi connectivity index (χ4v) is 4.75. The maximum atomic E-state index is 6.25. The van der Waals surface area contributed by atoms with E-state index < -0.39 is 0 Å². The normalized spacial score (nSPS) is 21.5. The second-order valence-corrected chi connectivity index (χ2v) is 8.28. The van der Waals surface area contributed by atoms with E-state index in [1.807, 2.05) is 36.4 Å². The number of hydrogen-bond acceptors (Lipinski definition) is 3. The molecule has 1 aliphatic heterocycles. The molecular weight excluding hydrogens is 370 g/mol. The Kier molecular flexibility index (Phi) is 4.81. The van der Waals surface area contributed by atoms with Crippen molar-refractivity contribution in [3.63, 3.8) is 0 Å². The molecule has 0 radical (unpaired) electrons. The minimum absolute atomic E-state index is 0.288. The molecule has 1 fully saturated rings. The van der Waals surface area contributed by atoms with Gasteiger partial charge in [-0.05, 0) is 74.4 Å². The van der Waals surface area contributed by atoms with Crippen molar-refractivity contribution in [3.8, 4) is 11.4 Å². The van der Waals surface area contributed by atoms with E-state index in [1.54, 1.807) is 0 Å². The Morgan fingerprint density at radius 3 is 2.57 bits per heavy atom. The van der Waals surface area contributed by atoms with Crippen LogP contribution in [0.3, 0.4) is 0 Å². The average molecular weight is 394 g/mol. The molecule has 2 aliphatic rings. The van der Waals surface area contributed by atoms with Gasteiger partial charge in [-0.15, -0.1) is 10.2 Å². The zero-order chi connectivity index (χ0) is 18.9. The lowest BCUT2D eigenvalue weighted by Crippen LogP contribution is -2.24. The van der Waals surface area contributed by atoms with Crippen molar-refractivity contribution < 1.29 is 4.74 Å². The summed E-state index contributed by atoms with van der Waals surface area (Å²) in [6.07, 6.45) is 7.64. The second-order valence-electron chi connectivity index (χ2n) is 7.84. The standard InChI is InChI=1S/C23H24ClN3O/c24-18-11-14-21-17(15-18)5-4-8-22-25-26-23(27(21)22)16-9-12-20(13-10-16)28-19-6-2-1-3-7-19/h1-3,6-7,11,14-16,20H,4-5,8-10,12-13H2. The third kappa shape index (κ3) is 3.42. The van der Waals surface area contributed by atoms with Crippen molar-refractivity contribution >= 4 is 11.6 Å². The van der Waals surface area contributed by atoms with Crippen LogP contribution in [0, 0.1) is 0 Å². The van der Waals surface area contributed by atoms with E-state index in [4.69, 9.17) is 16.3 Å². The molecule has 0 atom stereocenters. The molecule has 0 bridgehead atoms. The highest BCUT2D eigenvalue weighted by Crippen LogP contribution is 2.37. The minimum Gasteiger partial charge on any atom is -0.490 e. The SMILES string of the molecule is Clc1ccc2c(c1)CCCc1nnc(C3CCC(Oc4ccccc4)CC3)n1-2. The summed E-state index contributed by atoms with van der Waals surface area (Å²) in [4.78, 5) is 0. The van der Waals surface area contributed by atoms with Crippen molar-refractivity contribution in [2.45, 2.75) is 57.0 Å². The number of fused-ring (bicyclic) bond motifs is 3. The molecule has 0 amide bonds. The van der Waals surface area contributed by atoms with Crippen LogP contribution in [0.4, 0.5) is 0 Å². The molecule has 2 heterocycles. The van der Waals surface area contributed by atoms with Crippen LogP contribution in [-0.4, -0.2) is 20.9 Å². The summed E-state index contributed by atoms with van der Waals surface area (Å²) in [7, 11) is 0. The highest BCUT2D eigenvalue weighted by Gasteiger charge is 2.30. The Morgan fingerprint density at radius 2 is 1.75 bits per heavy atom. The lowest BCUT2D eigenvalue weighted by atomic mass is 9.86. The molecule has 5 heteroatoms. The zero-order valence-electron chi connectivity index (χ0n) is 15.9. The molecule has 0 unspecified atom stereocenters. The number of aromatic nitrogens is 3. The van der Waals surface area contributed by atoms with Crippen molar-refractivity contribution in [2.24, 2.45) is 0 Å². The molecular formula is C23H24ClN3O. The van der Waals surface area contributed by atoms with Crippen LogP contribution in [0.2, 0.25) is 5.02 Å². The van der Waals surface area contributed by atoms with E-state index in [0.717, 1.165) is 67.4 Å². The Balaban J connectivity index is 1.37. The van der Waals surface area contributed by atoms with Gasteiger partial charge < -0.3 is 4.74 Å². The predicted octanol–water partition coefficient (Wildman–Crippen LogP) is 5.51. The predicted molar refractivity (Wildman–Crippen MR) is 110 cm³/mol. The van der Waals surface area contributed by atoms with E-state index in [0.29, 0.717) is 5.92 Å². The smallest absolute Gasteiger partial charge is 0.140 e. The van der Waals surface area contributed by atoms with E-state index in [1.165, 1.54) is 11.3 Å². The van der Waals surface area contributed by atoms with Gasteiger partial charge in [0.2, 0.25) is 0 Å². The van der Waals surface area contributed by atoms with E-state index in [9.17, 15) is 0 Å². The number of hydrogen-bond donors (Lipinski definition) is 0. The van der Waals surface area contributed by atoms with Gasteiger partial charge in [-0.1, -0.05) is 29.8 Å². The maximum Gasteiger partial charge on any atom is 0.140 e. The molecule has 1 saturated carbocycles. The summed E-state index contributed by atoms with van der Waals surface area (Å²) < 4.78 is 8.47. The largest absolute Gasteiger partial charge is 0.490 e. The van der Waals surface area contributed by atoms with Crippen LogP contribution < -0.4 is 4.74 Å². The van der Waals surface area contributed by atoms with Crippen LogP contribution in [0.15, 0.2) is 48.5 Å². The number of halogens is 1. The fraction of sp³-hybridized carbons (Fsp3) is 0.391. The molecule has 4 nitrogen and oxygen atoms in total. The van der Waals surface area contributed by atoms with Crippen molar-refractivity contribution in [1.82, 2.24) is 14.8 Å². The Hall–Kier alpha value is -2.33. The first-order valence-corrected chi connectivity index (χ1v) is 10.6. The summed E-state index contributed by atoms with van der Waals surface area (Å²) in [6, 6.07) is 16.3. The lowest BCUT2D eigenvalue weighted by molar-refractivity contribution is 0.144. The quantitative estimate of drug-likeness (QED) is 0.588. The molecule has 0 saturated heterocycles. The highest BCUT2D eigenvalue weighted by atomic mass is 35.5. The molecule has 5 rings (SSSR count). The number of benzene rings is 2. The molecule has 0 spiro atoms. The highest BCUT2D eigenvalue weighted by molar-refractivity contribution is 6.30.